The first-order chi connectivity index (χ1) is 14.7. The van der Waals surface area contributed by atoms with Crippen molar-refractivity contribution in [1.29, 1.82) is 0 Å². The second-order valence-electron chi connectivity index (χ2n) is 6.65. The Morgan fingerprint density at radius 2 is 1.77 bits per heavy atom. The molecule has 0 saturated heterocycles. The van der Waals surface area contributed by atoms with E-state index in [1.54, 1.807) is 14.2 Å². The van der Waals surface area contributed by atoms with Gasteiger partial charge in [0.1, 0.15) is 23.6 Å². The predicted molar refractivity (Wildman–Crippen MR) is 112 cm³/mol. The highest BCUT2D eigenvalue weighted by molar-refractivity contribution is 6.01. The number of aromatic nitrogens is 3. The Balaban J connectivity index is 1.77. The number of hydrogen-bond donors (Lipinski definition) is 1. The number of hydrogen-bond acceptors (Lipinski definition) is 8. The zero-order valence-electron chi connectivity index (χ0n) is 16.4. The molecule has 8 heteroatoms. The van der Waals surface area contributed by atoms with E-state index in [9.17, 15) is 0 Å². The standard InChI is InChI=1S/C22H18N4O4/c1-27-13-4-5-14(18(8-13)28-2)16-9-15(20-21(23)24-10-25-22(20)26-16)12-3-6-17-19(7-12)30-11-29-17/h3-10H,11H2,1-2H3,(H2,23,24,25,26). The number of nitrogens with two attached hydrogens (primary N) is 1. The number of methoxy groups -OCH3 is 2. The average Bonchev–Trinajstić information content (AvgIpc) is 3.26. The highest BCUT2D eigenvalue weighted by atomic mass is 16.7. The van der Waals surface area contributed by atoms with Crippen LogP contribution in [0.3, 0.4) is 0 Å². The molecule has 0 unspecified atom stereocenters. The van der Waals surface area contributed by atoms with Gasteiger partial charge in [0.05, 0.1) is 25.3 Å². The maximum Gasteiger partial charge on any atom is 0.231 e. The zero-order chi connectivity index (χ0) is 20.7. The summed E-state index contributed by atoms with van der Waals surface area (Å²) in [5, 5.41) is 0.674. The maximum absolute atomic E-state index is 6.20. The number of pyridine rings is 1. The molecule has 0 spiro atoms. The SMILES string of the molecule is COc1ccc(-c2cc(-c3ccc4c(c3)OCO4)c3c(N)ncnc3n2)c(OC)c1. The van der Waals surface area contributed by atoms with Gasteiger partial charge in [-0.2, -0.15) is 0 Å². The first-order valence-electron chi connectivity index (χ1n) is 9.21. The van der Waals surface area contributed by atoms with Crippen LogP contribution in [-0.2, 0) is 0 Å². The van der Waals surface area contributed by atoms with E-state index in [4.69, 9.17) is 29.7 Å². The minimum absolute atomic E-state index is 0.204. The van der Waals surface area contributed by atoms with Crippen molar-refractivity contribution >= 4 is 16.9 Å². The molecule has 0 radical (unpaired) electrons. The van der Waals surface area contributed by atoms with Crippen LogP contribution in [0.2, 0.25) is 0 Å². The van der Waals surface area contributed by atoms with Crippen molar-refractivity contribution in [2.45, 2.75) is 0 Å². The Bertz CT molecular complexity index is 1280. The third kappa shape index (κ3) is 2.89. The van der Waals surface area contributed by atoms with Crippen LogP contribution in [0.4, 0.5) is 5.82 Å². The van der Waals surface area contributed by atoms with Crippen LogP contribution in [-0.4, -0.2) is 36.0 Å². The Hall–Kier alpha value is -4.07. The number of fused-ring (bicyclic) bond motifs is 2. The third-order valence-corrected chi connectivity index (χ3v) is 5.00. The molecule has 4 aromatic rings. The van der Waals surface area contributed by atoms with Gasteiger partial charge in [0, 0.05) is 11.6 Å². The van der Waals surface area contributed by atoms with E-state index in [2.05, 4.69) is 9.97 Å². The molecule has 2 N–H and O–H groups in total. The minimum Gasteiger partial charge on any atom is -0.497 e. The molecule has 1 aliphatic rings. The van der Waals surface area contributed by atoms with Crippen molar-refractivity contribution in [3.8, 4) is 45.4 Å². The molecule has 2 aromatic carbocycles. The van der Waals surface area contributed by atoms with Crippen LogP contribution < -0.4 is 24.7 Å². The molecule has 0 bridgehead atoms. The molecule has 0 amide bonds. The summed E-state index contributed by atoms with van der Waals surface area (Å²) in [5.74, 6) is 3.07. The number of nitrogen functional groups attached to an aromatic ring is 1. The molecule has 8 nitrogen and oxygen atoms in total. The molecule has 1 aliphatic heterocycles. The van der Waals surface area contributed by atoms with Gasteiger partial charge >= 0.3 is 0 Å². The summed E-state index contributed by atoms with van der Waals surface area (Å²) in [4.78, 5) is 13.2. The molecule has 30 heavy (non-hydrogen) atoms. The van der Waals surface area contributed by atoms with E-state index >= 15 is 0 Å². The smallest absolute Gasteiger partial charge is 0.231 e. The molecular formula is C22H18N4O4. The van der Waals surface area contributed by atoms with E-state index in [0.717, 1.165) is 16.7 Å². The zero-order valence-corrected chi connectivity index (χ0v) is 16.4. The minimum atomic E-state index is 0.204. The summed E-state index contributed by atoms with van der Waals surface area (Å²) >= 11 is 0. The topological polar surface area (TPSA) is 102 Å². The lowest BCUT2D eigenvalue weighted by atomic mass is 9.99. The Labute approximate surface area is 172 Å². The molecule has 0 fully saturated rings. The highest BCUT2D eigenvalue weighted by Crippen LogP contribution is 2.41. The van der Waals surface area contributed by atoms with Crippen LogP contribution in [0.5, 0.6) is 23.0 Å². The molecule has 2 aromatic heterocycles. The molecule has 0 aliphatic carbocycles. The van der Waals surface area contributed by atoms with E-state index in [0.29, 0.717) is 45.5 Å². The highest BCUT2D eigenvalue weighted by Gasteiger charge is 2.19. The van der Waals surface area contributed by atoms with Gasteiger partial charge in [-0.3, -0.25) is 0 Å². The van der Waals surface area contributed by atoms with Crippen molar-refractivity contribution in [3.63, 3.8) is 0 Å². The first-order valence-corrected chi connectivity index (χ1v) is 9.21. The van der Waals surface area contributed by atoms with Crippen LogP contribution in [0.25, 0.3) is 33.4 Å². The third-order valence-electron chi connectivity index (χ3n) is 5.00. The number of benzene rings is 2. The fourth-order valence-electron chi connectivity index (χ4n) is 3.53. The molecule has 3 heterocycles. The predicted octanol–water partition coefficient (Wildman–Crippen LogP) is 3.69. The molecule has 0 saturated carbocycles. The van der Waals surface area contributed by atoms with Gasteiger partial charge in [-0.15, -0.1) is 0 Å². The van der Waals surface area contributed by atoms with Crippen LogP contribution in [0.1, 0.15) is 0 Å². The summed E-state index contributed by atoms with van der Waals surface area (Å²) < 4.78 is 21.9. The summed E-state index contributed by atoms with van der Waals surface area (Å²) in [6, 6.07) is 13.3. The molecule has 0 atom stereocenters. The van der Waals surface area contributed by atoms with E-state index < -0.39 is 0 Å². The van der Waals surface area contributed by atoms with Crippen LogP contribution >= 0.6 is 0 Å². The Kier molecular flexibility index (Phi) is 4.24. The quantitative estimate of drug-likeness (QED) is 0.551. The van der Waals surface area contributed by atoms with Gasteiger partial charge in [-0.05, 0) is 41.5 Å². The fourth-order valence-corrected chi connectivity index (χ4v) is 3.53. The lowest BCUT2D eigenvalue weighted by Gasteiger charge is -2.14. The molecule has 5 rings (SSSR count). The average molecular weight is 402 g/mol. The Morgan fingerprint density at radius 1 is 0.900 bits per heavy atom. The second kappa shape index (κ2) is 7.07. The van der Waals surface area contributed by atoms with E-state index in [1.807, 2.05) is 42.5 Å². The number of nitrogens with zero attached hydrogens (tertiary/aromatic N) is 3. The van der Waals surface area contributed by atoms with Crippen LogP contribution in [0, 0.1) is 0 Å². The van der Waals surface area contributed by atoms with Crippen molar-refractivity contribution in [2.24, 2.45) is 0 Å². The number of rotatable bonds is 4. The van der Waals surface area contributed by atoms with Gasteiger partial charge in [0.15, 0.2) is 17.1 Å². The summed E-state index contributed by atoms with van der Waals surface area (Å²) in [6.07, 6.45) is 1.41. The van der Waals surface area contributed by atoms with Crippen molar-refractivity contribution in [1.82, 2.24) is 15.0 Å². The van der Waals surface area contributed by atoms with Gasteiger partial charge in [-0.1, -0.05) is 6.07 Å². The number of anilines is 1. The van der Waals surface area contributed by atoms with Crippen LogP contribution in [0.15, 0.2) is 48.8 Å². The van der Waals surface area contributed by atoms with Crippen molar-refractivity contribution in [3.05, 3.63) is 48.8 Å². The monoisotopic (exact) mass is 402 g/mol. The normalized spacial score (nSPS) is 12.2. The Morgan fingerprint density at radius 3 is 2.60 bits per heavy atom. The van der Waals surface area contributed by atoms with E-state index in [1.165, 1.54) is 6.33 Å². The van der Waals surface area contributed by atoms with E-state index in [-0.39, 0.29) is 6.79 Å². The summed E-state index contributed by atoms with van der Waals surface area (Å²) in [5.41, 5.74) is 9.91. The lowest BCUT2D eigenvalue weighted by Crippen LogP contribution is -1.99. The largest absolute Gasteiger partial charge is 0.497 e. The second-order valence-corrected chi connectivity index (χ2v) is 6.65. The fraction of sp³-hybridized carbons (Fsp3) is 0.136. The molecule has 150 valence electrons. The number of ether oxygens (including phenoxy) is 4. The van der Waals surface area contributed by atoms with Crippen molar-refractivity contribution in [2.75, 3.05) is 26.7 Å². The van der Waals surface area contributed by atoms with Gasteiger partial charge in [-0.25, -0.2) is 15.0 Å². The van der Waals surface area contributed by atoms with Crippen molar-refractivity contribution < 1.29 is 18.9 Å². The maximum atomic E-state index is 6.20. The lowest BCUT2D eigenvalue weighted by molar-refractivity contribution is 0.174. The van der Waals surface area contributed by atoms with Gasteiger partial charge < -0.3 is 24.7 Å². The molecular weight excluding hydrogens is 384 g/mol. The van der Waals surface area contributed by atoms with Gasteiger partial charge in [0.2, 0.25) is 6.79 Å². The summed E-state index contributed by atoms with van der Waals surface area (Å²) in [6.45, 7) is 0.204. The van der Waals surface area contributed by atoms with Gasteiger partial charge in [0.25, 0.3) is 0 Å². The first kappa shape index (κ1) is 18.0. The summed E-state index contributed by atoms with van der Waals surface area (Å²) in [7, 11) is 3.22.